The third-order valence-electron chi connectivity index (χ3n) is 5.24. The van der Waals surface area contributed by atoms with Crippen molar-refractivity contribution < 1.29 is 9.59 Å². The van der Waals surface area contributed by atoms with Crippen molar-refractivity contribution in [1.82, 2.24) is 10.2 Å². The minimum absolute atomic E-state index is 0.202. The lowest BCUT2D eigenvalue weighted by atomic mass is 9.97. The predicted molar refractivity (Wildman–Crippen MR) is 119 cm³/mol. The highest BCUT2D eigenvalue weighted by Crippen LogP contribution is 2.29. The van der Waals surface area contributed by atoms with Gasteiger partial charge in [0.15, 0.2) is 0 Å². The number of rotatable bonds is 5. The third-order valence-corrected chi connectivity index (χ3v) is 5.24. The maximum Gasteiger partial charge on any atom is 0.254 e. The standard InChI is InChI=1S/C25H25N3O2/c1-28(2)16-19-10-6-7-11-20(19)18-12-13-22-21(15-18)24(29)27-23(25(30)26-22)14-17-8-4-3-5-9-17/h3-13,15,23H,14,16H2,1-2H3,(H,26,30)(H,27,29)/t23-/m1/s1. The van der Waals surface area contributed by atoms with E-state index in [1.165, 1.54) is 5.56 Å². The van der Waals surface area contributed by atoms with E-state index in [9.17, 15) is 9.59 Å². The normalized spacial score (nSPS) is 15.9. The summed E-state index contributed by atoms with van der Waals surface area (Å²) in [4.78, 5) is 27.8. The Labute approximate surface area is 176 Å². The minimum atomic E-state index is -0.614. The monoisotopic (exact) mass is 399 g/mol. The van der Waals surface area contributed by atoms with E-state index in [0.29, 0.717) is 17.7 Å². The molecule has 2 amide bonds. The number of benzene rings is 3. The summed E-state index contributed by atoms with van der Waals surface area (Å²) in [6.45, 7) is 0.801. The van der Waals surface area contributed by atoms with Gasteiger partial charge in [-0.1, -0.05) is 60.7 Å². The highest BCUT2D eigenvalue weighted by molar-refractivity contribution is 6.10. The van der Waals surface area contributed by atoms with Crippen LogP contribution in [0.15, 0.2) is 72.8 Å². The lowest BCUT2D eigenvalue weighted by Gasteiger charge is -2.15. The van der Waals surface area contributed by atoms with Gasteiger partial charge in [0, 0.05) is 13.0 Å². The van der Waals surface area contributed by atoms with Crippen LogP contribution in [0, 0.1) is 0 Å². The van der Waals surface area contributed by atoms with Gasteiger partial charge in [-0.05, 0) is 48.5 Å². The van der Waals surface area contributed by atoms with Gasteiger partial charge in [-0.15, -0.1) is 0 Å². The average Bonchev–Trinajstić information content (AvgIpc) is 2.85. The van der Waals surface area contributed by atoms with E-state index < -0.39 is 6.04 Å². The zero-order valence-electron chi connectivity index (χ0n) is 17.2. The number of nitrogens with zero attached hydrogens (tertiary/aromatic N) is 1. The molecular formula is C25H25N3O2. The Morgan fingerprint density at radius 1 is 0.867 bits per heavy atom. The summed E-state index contributed by atoms with van der Waals surface area (Å²) in [5.41, 5.74) is 5.25. The van der Waals surface area contributed by atoms with Crippen molar-refractivity contribution in [1.29, 1.82) is 0 Å². The van der Waals surface area contributed by atoms with Gasteiger partial charge in [-0.25, -0.2) is 0 Å². The molecule has 2 N–H and O–H groups in total. The maximum atomic E-state index is 13.0. The first kappa shape index (κ1) is 19.9. The molecule has 0 saturated carbocycles. The van der Waals surface area contributed by atoms with Crippen LogP contribution < -0.4 is 10.6 Å². The van der Waals surface area contributed by atoms with Crippen molar-refractivity contribution in [3.8, 4) is 11.1 Å². The van der Waals surface area contributed by atoms with Crippen molar-refractivity contribution in [3.05, 3.63) is 89.5 Å². The quantitative estimate of drug-likeness (QED) is 0.688. The number of nitrogens with one attached hydrogen (secondary N) is 2. The summed E-state index contributed by atoms with van der Waals surface area (Å²) in [6.07, 6.45) is 0.449. The van der Waals surface area contributed by atoms with E-state index >= 15 is 0 Å². The summed E-state index contributed by atoms with van der Waals surface area (Å²) < 4.78 is 0. The molecular weight excluding hydrogens is 374 g/mol. The molecule has 0 aliphatic carbocycles. The summed E-state index contributed by atoms with van der Waals surface area (Å²) in [5, 5.41) is 5.82. The molecule has 0 radical (unpaired) electrons. The van der Waals surface area contributed by atoms with Gasteiger partial charge in [0.2, 0.25) is 5.91 Å². The van der Waals surface area contributed by atoms with Crippen molar-refractivity contribution in [2.75, 3.05) is 19.4 Å². The van der Waals surface area contributed by atoms with Crippen LogP contribution in [-0.2, 0) is 17.8 Å². The molecule has 1 heterocycles. The lowest BCUT2D eigenvalue weighted by molar-refractivity contribution is -0.117. The van der Waals surface area contributed by atoms with Crippen LogP contribution in [0.2, 0.25) is 0 Å². The Morgan fingerprint density at radius 3 is 2.37 bits per heavy atom. The molecule has 0 saturated heterocycles. The van der Waals surface area contributed by atoms with Crippen molar-refractivity contribution >= 4 is 17.5 Å². The zero-order valence-corrected chi connectivity index (χ0v) is 17.2. The highest BCUT2D eigenvalue weighted by atomic mass is 16.2. The molecule has 1 aliphatic rings. The van der Waals surface area contributed by atoms with Crippen molar-refractivity contribution in [2.45, 2.75) is 19.0 Å². The second-order valence-corrected chi connectivity index (χ2v) is 7.86. The third kappa shape index (κ3) is 4.26. The largest absolute Gasteiger partial charge is 0.340 e. The van der Waals surface area contributed by atoms with E-state index in [4.69, 9.17) is 0 Å². The van der Waals surface area contributed by atoms with Crippen molar-refractivity contribution in [3.63, 3.8) is 0 Å². The van der Waals surface area contributed by atoms with Crippen LogP contribution in [-0.4, -0.2) is 36.9 Å². The molecule has 3 aromatic carbocycles. The van der Waals surface area contributed by atoms with Crippen molar-refractivity contribution in [2.24, 2.45) is 0 Å². The molecule has 5 heteroatoms. The maximum absolute atomic E-state index is 13.0. The molecule has 0 fully saturated rings. The lowest BCUT2D eigenvalue weighted by Crippen LogP contribution is -2.42. The van der Waals surface area contributed by atoms with Crippen LogP contribution >= 0.6 is 0 Å². The smallest absolute Gasteiger partial charge is 0.254 e. The Kier molecular flexibility index (Phi) is 5.63. The van der Waals surface area contributed by atoms with Crippen LogP contribution in [0.25, 0.3) is 11.1 Å². The van der Waals surface area contributed by atoms with E-state index in [-0.39, 0.29) is 11.8 Å². The summed E-state index contributed by atoms with van der Waals surface area (Å²) in [7, 11) is 4.06. The average molecular weight is 399 g/mol. The second kappa shape index (κ2) is 8.51. The second-order valence-electron chi connectivity index (χ2n) is 7.86. The first-order valence-electron chi connectivity index (χ1n) is 10.0. The van der Waals surface area contributed by atoms with E-state index in [0.717, 1.165) is 23.2 Å². The molecule has 0 aromatic heterocycles. The molecule has 3 aromatic rings. The van der Waals surface area contributed by atoms with Gasteiger partial charge < -0.3 is 15.5 Å². The number of amides is 2. The number of anilines is 1. The number of fused-ring (bicyclic) bond motifs is 1. The molecule has 152 valence electrons. The Bertz CT molecular complexity index is 1080. The van der Waals surface area contributed by atoms with Crippen LogP contribution in [0.4, 0.5) is 5.69 Å². The molecule has 0 unspecified atom stereocenters. The first-order valence-corrected chi connectivity index (χ1v) is 10.0. The van der Waals surface area contributed by atoms with Gasteiger partial charge in [-0.3, -0.25) is 9.59 Å². The molecule has 1 aliphatic heterocycles. The minimum Gasteiger partial charge on any atom is -0.340 e. The van der Waals surface area contributed by atoms with Gasteiger partial charge in [0.1, 0.15) is 6.04 Å². The van der Waals surface area contributed by atoms with E-state index in [2.05, 4.69) is 27.7 Å². The van der Waals surface area contributed by atoms with Gasteiger partial charge in [-0.2, -0.15) is 0 Å². The zero-order chi connectivity index (χ0) is 21.1. The Hall–Kier alpha value is -3.44. The van der Waals surface area contributed by atoms with E-state index in [1.807, 2.05) is 74.8 Å². The Balaban J connectivity index is 1.64. The van der Waals surface area contributed by atoms with Crippen LogP contribution in [0.3, 0.4) is 0 Å². The Morgan fingerprint density at radius 2 is 1.60 bits per heavy atom. The molecule has 4 rings (SSSR count). The number of carbonyl (C=O) groups excluding carboxylic acids is 2. The summed E-state index contributed by atoms with van der Waals surface area (Å²) >= 11 is 0. The summed E-state index contributed by atoms with van der Waals surface area (Å²) in [6, 6.07) is 22.9. The molecule has 0 spiro atoms. The van der Waals surface area contributed by atoms with E-state index in [1.54, 1.807) is 0 Å². The van der Waals surface area contributed by atoms with Gasteiger partial charge >= 0.3 is 0 Å². The fraction of sp³-hybridized carbons (Fsp3) is 0.200. The number of carbonyl (C=O) groups is 2. The molecule has 30 heavy (non-hydrogen) atoms. The van der Waals surface area contributed by atoms with Gasteiger partial charge in [0.25, 0.3) is 5.91 Å². The SMILES string of the molecule is CN(C)Cc1ccccc1-c1ccc2c(c1)C(=O)N[C@H](Cc1ccccc1)C(=O)N2. The first-order chi connectivity index (χ1) is 14.5. The molecule has 1 atom stereocenters. The topological polar surface area (TPSA) is 61.4 Å². The fourth-order valence-electron chi connectivity index (χ4n) is 3.80. The van der Waals surface area contributed by atoms with Gasteiger partial charge in [0.05, 0.1) is 11.3 Å². The van der Waals surface area contributed by atoms with Crippen LogP contribution in [0.5, 0.6) is 0 Å². The molecule has 5 nitrogen and oxygen atoms in total. The number of hydrogen-bond donors (Lipinski definition) is 2. The number of hydrogen-bond acceptors (Lipinski definition) is 3. The summed E-state index contributed by atoms with van der Waals surface area (Å²) in [5.74, 6) is -0.442. The predicted octanol–water partition coefficient (Wildman–Crippen LogP) is 3.71. The fourth-order valence-corrected chi connectivity index (χ4v) is 3.80. The van der Waals surface area contributed by atoms with Crippen LogP contribution in [0.1, 0.15) is 21.5 Å². The highest BCUT2D eigenvalue weighted by Gasteiger charge is 2.28. The molecule has 0 bridgehead atoms.